The zero-order valence-electron chi connectivity index (χ0n) is 16.2. The first-order chi connectivity index (χ1) is 14.4. The summed E-state index contributed by atoms with van der Waals surface area (Å²) in [6, 6.07) is 12.6. The average molecular weight is 424 g/mol. The van der Waals surface area contributed by atoms with Crippen molar-refractivity contribution in [1.29, 1.82) is 5.26 Å². The van der Waals surface area contributed by atoms with Crippen LogP contribution in [0.3, 0.4) is 0 Å². The van der Waals surface area contributed by atoms with Crippen LogP contribution in [0.2, 0.25) is 0 Å². The number of amides is 2. The molecule has 0 aromatic heterocycles. The van der Waals surface area contributed by atoms with Crippen LogP contribution in [0.25, 0.3) is 10.8 Å². The summed E-state index contributed by atoms with van der Waals surface area (Å²) >= 11 is 3.79. The lowest BCUT2D eigenvalue weighted by Gasteiger charge is -2.33. The van der Waals surface area contributed by atoms with Crippen LogP contribution in [0, 0.1) is 23.2 Å². The van der Waals surface area contributed by atoms with Gasteiger partial charge >= 0.3 is 0 Å². The van der Waals surface area contributed by atoms with Crippen molar-refractivity contribution in [2.24, 2.45) is 11.8 Å². The topological polar surface area (TPSA) is 99.9 Å². The van der Waals surface area contributed by atoms with Crippen molar-refractivity contribution in [3.63, 3.8) is 0 Å². The number of hydrogen-bond acceptors (Lipinski definition) is 7. The molecule has 2 unspecified atom stereocenters. The molecule has 7 nitrogen and oxygen atoms in total. The Balaban J connectivity index is 1.65. The maximum absolute atomic E-state index is 13.6. The van der Waals surface area contributed by atoms with E-state index in [1.165, 1.54) is 4.90 Å². The minimum Gasteiger partial charge on any atom is -0.390 e. The highest BCUT2D eigenvalue weighted by molar-refractivity contribution is 7.75. The highest BCUT2D eigenvalue weighted by atomic mass is 32.1. The number of hydrogen-bond donors (Lipinski definition) is 2. The van der Waals surface area contributed by atoms with Gasteiger partial charge in [-0.1, -0.05) is 24.3 Å². The Bertz CT molecular complexity index is 1130. The van der Waals surface area contributed by atoms with Gasteiger partial charge in [0.15, 0.2) is 0 Å². The zero-order chi connectivity index (χ0) is 21.3. The van der Waals surface area contributed by atoms with E-state index in [2.05, 4.69) is 19.0 Å². The number of thiol groups is 1. The second-order valence-electron chi connectivity index (χ2n) is 8.41. The number of carbonyl (C=O) groups excluding carboxylic acids is 2. The third kappa shape index (κ3) is 2.32. The molecule has 3 aliphatic rings. The van der Waals surface area contributed by atoms with E-state index in [0.29, 0.717) is 28.4 Å². The number of rotatable bonds is 4. The van der Waals surface area contributed by atoms with Crippen LogP contribution in [0.4, 0.5) is 5.69 Å². The van der Waals surface area contributed by atoms with Crippen LogP contribution < -0.4 is 4.90 Å². The highest BCUT2D eigenvalue weighted by Crippen LogP contribution is 2.62. The molecule has 30 heavy (non-hydrogen) atoms. The van der Waals surface area contributed by atoms with Crippen molar-refractivity contribution in [2.45, 2.75) is 37.1 Å². The van der Waals surface area contributed by atoms with E-state index < -0.39 is 29.1 Å². The molecule has 154 valence electrons. The Morgan fingerprint density at radius 1 is 1.23 bits per heavy atom. The first-order valence-electron chi connectivity index (χ1n) is 9.82. The van der Waals surface area contributed by atoms with E-state index in [-0.39, 0.29) is 24.8 Å². The van der Waals surface area contributed by atoms with Crippen LogP contribution in [0.1, 0.15) is 25.3 Å². The van der Waals surface area contributed by atoms with Gasteiger partial charge < -0.3 is 14.0 Å². The predicted molar refractivity (Wildman–Crippen MR) is 111 cm³/mol. The van der Waals surface area contributed by atoms with Crippen molar-refractivity contribution >= 4 is 41.2 Å². The molecule has 2 aromatic carbocycles. The van der Waals surface area contributed by atoms with Gasteiger partial charge in [-0.05, 0) is 32.0 Å². The Morgan fingerprint density at radius 2 is 1.93 bits per heavy atom. The molecule has 2 bridgehead atoms. The van der Waals surface area contributed by atoms with Crippen molar-refractivity contribution < 1.29 is 23.6 Å². The molecule has 1 N–H and O–H groups in total. The number of anilines is 1. The summed E-state index contributed by atoms with van der Waals surface area (Å²) in [5, 5.41) is 21.4. The molecule has 0 saturated carbocycles. The Hall–Kier alpha value is -2.44. The average Bonchev–Trinajstić information content (AvgIpc) is 3.28. The van der Waals surface area contributed by atoms with Crippen LogP contribution in [0.15, 0.2) is 36.4 Å². The van der Waals surface area contributed by atoms with E-state index in [1.54, 1.807) is 31.2 Å². The summed E-state index contributed by atoms with van der Waals surface area (Å²) in [6.07, 6.45) is -0.235. The van der Waals surface area contributed by atoms with Crippen molar-refractivity contribution in [1.82, 2.24) is 0 Å². The first kappa shape index (κ1) is 19.5. The number of ether oxygens (including phenoxy) is 1. The fourth-order valence-electron chi connectivity index (χ4n) is 5.66. The van der Waals surface area contributed by atoms with Gasteiger partial charge in [0.05, 0.1) is 47.5 Å². The Kier molecular flexibility index (Phi) is 4.25. The number of aliphatic hydroxyl groups is 1. The molecule has 8 heteroatoms. The molecule has 3 aliphatic heterocycles. The summed E-state index contributed by atoms with van der Waals surface area (Å²) in [5.41, 5.74) is -1.18. The fraction of sp³-hybridized carbons (Fsp3) is 0.409. The number of nitriles is 1. The second-order valence-corrected chi connectivity index (χ2v) is 8.67. The van der Waals surface area contributed by atoms with E-state index in [9.17, 15) is 20.0 Å². The Morgan fingerprint density at radius 3 is 2.63 bits per heavy atom. The molecule has 2 amide bonds. The molecule has 3 fully saturated rings. The lowest BCUT2D eigenvalue weighted by molar-refractivity contribution is -0.133. The minimum atomic E-state index is -1.13. The highest BCUT2D eigenvalue weighted by Gasteiger charge is 2.76. The summed E-state index contributed by atoms with van der Waals surface area (Å²) in [4.78, 5) is 28.4. The van der Waals surface area contributed by atoms with E-state index in [1.807, 2.05) is 12.1 Å². The number of fused-ring (bicyclic) bond motifs is 6. The van der Waals surface area contributed by atoms with Gasteiger partial charge in [0, 0.05) is 23.6 Å². The molecule has 3 saturated heterocycles. The van der Waals surface area contributed by atoms with E-state index >= 15 is 0 Å². The van der Waals surface area contributed by atoms with Crippen molar-refractivity contribution in [3.05, 3.63) is 42.0 Å². The summed E-state index contributed by atoms with van der Waals surface area (Å²) in [5.74, 6) is -2.19. The summed E-state index contributed by atoms with van der Waals surface area (Å²) < 4.78 is 11.1. The molecule has 3 heterocycles. The van der Waals surface area contributed by atoms with Gasteiger partial charge in [-0.15, -0.1) is 0 Å². The van der Waals surface area contributed by atoms with Gasteiger partial charge in [0.1, 0.15) is 5.60 Å². The summed E-state index contributed by atoms with van der Waals surface area (Å²) in [7, 11) is 0. The van der Waals surface area contributed by atoms with Gasteiger partial charge in [-0.2, -0.15) is 5.26 Å². The Labute approximate surface area is 178 Å². The maximum Gasteiger partial charge on any atom is 0.240 e. The third-order valence-corrected chi connectivity index (χ3v) is 7.18. The molecular weight excluding hydrogens is 404 g/mol. The van der Waals surface area contributed by atoms with E-state index in [0.717, 1.165) is 0 Å². The molecular formula is C22H20N2O5S. The monoisotopic (exact) mass is 424 g/mol. The number of carbonyl (C=O) groups is 2. The van der Waals surface area contributed by atoms with Gasteiger partial charge in [-0.3, -0.25) is 9.59 Å². The summed E-state index contributed by atoms with van der Waals surface area (Å²) in [6.45, 7) is 1.94. The SMILES string of the molecule is CC12OC(CCOS)(C[C@@H]1O)[C@H]1C(=O)N(c3ccc(C#N)c4ccccc34)C(=O)[C@H]12. The lowest BCUT2D eigenvalue weighted by atomic mass is 9.66. The molecule has 0 aliphatic carbocycles. The largest absolute Gasteiger partial charge is 0.390 e. The molecule has 0 radical (unpaired) electrons. The van der Waals surface area contributed by atoms with Gasteiger partial charge in [0.2, 0.25) is 11.8 Å². The molecule has 0 spiro atoms. The first-order valence-corrected chi connectivity index (χ1v) is 10.2. The smallest absolute Gasteiger partial charge is 0.240 e. The number of aliphatic hydroxyl groups excluding tert-OH is 1. The number of benzene rings is 2. The zero-order valence-corrected chi connectivity index (χ0v) is 17.1. The van der Waals surface area contributed by atoms with Gasteiger partial charge in [0.25, 0.3) is 0 Å². The van der Waals surface area contributed by atoms with Crippen molar-refractivity contribution in [2.75, 3.05) is 11.5 Å². The van der Waals surface area contributed by atoms with Crippen LogP contribution in [0.5, 0.6) is 0 Å². The number of imide groups is 1. The van der Waals surface area contributed by atoms with Crippen LogP contribution in [-0.4, -0.2) is 40.8 Å². The minimum absolute atomic E-state index is 0.233. The quantitative estimate of drug-likeness (QED) is 0.444. The van der Waals surface area contributed by atoms with Crippen LogP contribution in [-0.2, 0) is 18.5 Å². The lowest BCUT2D eigenvalue weighted by Crippen LogP contribution is -2.49. The fourth-order valence-corrected chi connectivity index (χ4v) is 5.75. The predicted octanol–water partition coefficient (Wildman–Crippen LogP) is 2.36. The number of nitrogens with zero attached hydrogens (tertiary/aromatic N) is 2. The van der Waals surface area contributed by atoms with Crippen LogP contribution >= 0.6 is 12.9 Å². The maximum atomic E-state index is 13.6. The normalized spacial score (nSPS) is 34.6. The van der Waals surface area contributed by atoms with E-state index in [4.69, 9.17) is 8.92 Å². The van der Waals surface area contributed by atoms with Gasteiger partial charge in [-0.25, -0.2) is 4.90 Å². The molecule has 5 rings (SSSR count). The second kappa shape index (κ2) is 6.53. The standard InChI is InChI=1S/C22H20N2O5S/c1-21-16(25)10-22(29-21,8-9-28-30)18-17(21)19(26)24(20(18)27)15-7-6-12(11-23)13-4-2-3-5-14(13)15/h2-7,16-18,25,30H,8-10H2,1H3/t16-,17-,18+,21?,22?/m0/s1. The van der Waals surface area contributed by atoms with Crippen molar-refractivity contribution in [3.8, 4) is 6.07 Å². The molecule has 2 aromatic rings. The molecule has 5 atom stereocenters. The third-order valence-electron chi connectivity index (χ3n) is 6.99.